The topological polar surface area (TPSA) is 50.4 Å². The van der Waals surface area contributed by atoms with Crippen LogP contribution in [0.2, 0.25) is 0 Å². The lowest BCUT2D eigenvalue weighted by atomic mass is 10.1. The SMILES string of the molecule is C=C(Nc1cc(C(=C)N)ccc1C)C1=CCC(C2CC2)=N1.CC1=C(C)CC=CC=C1.CCCC.CCCC. The van der Waals surface area contributed by atoms with Crippen molar-refractivity contribution in [2.75, 3.05) is 5.32 Å². The molecule has 0 radical (unpaired) electrons. The molecule has 2 aliphatic carbocycles. The maximum absolute atomic E-state index is 5.77. The number of aryl methyl sites for hydroxylation is 1. The predicted octanol–water partition coefficient (Wildman–Crippen LogP) is 10.4. The van der Waals surface area contributed by atoms with Crippen LogP contribution in [0.1, 0.15) is 104 Å². The zero-order valence-corrected chi connectivity index (χ0v) is 25.3. The Morgan fingerprint density at radius 2 is 1.58 bits per heavy atom. The summed E-state index contributed by atoms with van der Waals surface area (Å²) in [5, 5.41) is 3.36. The van der Waals surface area contributed by atoms with Crippen molar-refractivity contribution in [3.05, 3.63) is 95.4 Å². The van der Waals surface area contributed by atoms with E-state index in [9.17, 15) is 0 Å². The summed E-state index contributed by atoms with van der Waals surface area (Å²) in [5.41, 5.74) is 15.4. The predicted molar refractivity (Wildman–Crippen MR) is 172 cm³/mol. The van der Waals surface area contributed by atoms with E-state index in [1.807, 2.05) is 18.2 Å². The number of hydrogen-bond donors (Lipinski definition) is 2. The van der Waals surface area contributed by atoms with E-state index in [1.165, 1.54) is 55.4 Å². The van der Waals surface area contributed by atoms with Crippen LogP contribution in [0, 0.1) is 12.8 Å². The van der Waals surface area contributed by atoms with Crippen molar-refractivity contribution >= 4 is 17.1 Å². The number of hydrogen-bond acceptors (Lipinski definition) is 3. The Hall–Kier alpha value is -3.07. The minimum Gasteiger partial charge on any atom is -0.399 e. The molecule has 4 rings (SSSR count). The van der Waals surface area contributed by atoms with Crippen molar-refractivity contribution in [1.82, 2.24) is 0 Å². The third-order valence-corrected chi connectivity index (χ3v) is 6.71. The van der Waals surface area contributed by atoms with Gasteiger partial charge < -0.3 is 11.1 Å². The van der Waals surface area contributed by atoms with Crippen LogP contribution in [0.5, 0.6) is 0 Å². The summed E-state index contributed by atoms with van der Waals surface area (Å²) in [6.45, 7) is 23.0. The second kappa shape index (κ2) is 18.2. The largest absolute Gasteiger partial charge is 0.399 e. The Morgan fingerprint density at radius 3 is 2.13 bits per heavy atom. The van der Waals surface area contributed by atoms with Crippen LogP contribution in [-0.4, -0.2) is 5.71 Å². The zero-order chi connectivity index (χ0) is 28.5. The highest BCUT2D eigenvalue weighted by molar-refractivity contribution is 5.93. The summed E-state index contributed by atoms with van der Waals surface area (Å²) in [4.78, 5) is 4.71. The first-order valence-corrected chi connectivity index (χ1v) is 14.5. The van der Waals surface area contributed by atoms with Crippen molar-refractivity contribution in [2.45, 2.75) is 99.8 Å². The molecule has 3 aliphatic rings. The van der Waals surface area contributed by atoms with Gasteiger partial charge in [-0.3, -0.25) is 4.99 Å². The molecule has 38 heavy (non-hydrogen) atoms. The maximum Gasteiger partial charge on any atom is 0.0821 e. The van der Waals surface area contributed by atoms with E-state index in [0.717, 1.165) is 47.0 Å². The van der Waals surface area contributed by atoms with Gasteiger partial charge in [0.15, 0.2) is 0 Å². The minimum atomic E-state index is 0.567. The normalized spacial score (nSPS) is 15.4. The molecule has 0 amide bonds. The minimum absolute atomic E-state index is 0.567. The number of unbranched alkanes of at least 4 members (excludes halogenated alkanes) is 2. The summed E-state index contributed by atoms with van der Waals surface area (Å²) in [7, 11) is 0. The Morgan fingerprint density at radius 1 is 0.947 bits per heavy atom. The van der Waals surface area contributed by atoms with Gasteiger partial charge in [-0.05, 0) is 63.1 Å². The van der Waals surface area contributed by atoms with E-state index in [-0.39, 0.29) is 0 Å². The van der Waals surface area contributed by atoms with Gasteiger partial charge in [0.25, 0.3) is 0 Å². The van der Waals surface area contributed by atoms with Crippen LogP contribution in [-0.2, 0) is 0 Å². The van der Waals surface area contributed by atoms with Crippen molar-refractivity contribution in [3.8, 4) is 0 Å². The highest BCUT2D eigenvalue weighted by Crippen LogP contribution is 2.36. The van der Waals surface area contributed by atoms with Crippen LogP contribution in [0.4, 0.5) is 5.69 Å². The van der Waals surface area contributed by atoms with Crippen LogP contribution < -0.4 is 11.1 Å². The third-order valence-electron chi connectivity index (χ3n) is 6.71. The number of nitrogens with zero attached hydrogens (tertiary/aromatic N) is 1. The first kappa shape index (κ1) is 33.0. The summed E-state index contributed by atoms with van der Waals surface area (Å²) < 4.78 is 0. The molecule has 1 heterocycles. The average molecular weight is 516 g/mol. The van der Waals surface area contributed by atoms with Gasteiger partial charge in [0.2, 0.25) is 0 Å². The number of nitrogens with two attached hydrogens (primary N) is 1. The lowest BCUT2D eigenvalue weighted by molar-refractivity contribution is 0.886. The van der Waals surface area contributed by atoms with E-state index in [2.05, 4.69) is 97.3 Å². The molecule has 0 aromatic heterocycles. The van der Waals surface area contributed by atoms with Crippen molar-refractivity contribution in [2.24, 2.45) is 16.6 Å². The fourth-order valence-electron chi connectivity index (χ4n) is 3.32. The quantitative estimate of drug-likeness (QED) is 0.379. The molecule has 1 saturated carbocycles. The number of rotatable bonds is 7. The molecule has 1 aromatic carbocycles. The summed E-state index contributed by atoms with van der Waals surface area (Å²) in [6.07, 6.45) is 20.6. The first-order chi connectivity index (χ1) is 18.2. The Balaban J connectivity index is 0.000000350. The van der Waals surface area contributed by atoms with Crippen LogP contribution in [0.15, 0.2) is 89.3 Å². The average Bonchev–Trinajstić information content (AvgIpc) is 3.68. The van der Waals surface area contributed by atoms with Crippen LogP contribution >= 0.6 is 0 Å². The summed E-state index contributed by atoms with van der Waals surface area (Å²) in [6, 6.07) is 6.01. The Bertz CT molecular complexity index is 1050. The van der Waals surface area contributed by atoms with Gasteiger partial charge in [0.05, 0.1) is 11.4 Å². The molecular weight excluding hydrogens is 462 g/mol. The maximum atomic E-state index is 5.77. The van der Waals surface area contributed by atoms with Crippen molar-refractivity contribution < 1.29 is 0 Å². The van der Waals surface area contributed by atoms with Crippen molar-refractivity contribution in [1.29, 1.82) is 0 Å². The second-order valence-electron chi connectivity index (χ2n) is 10.3. The number of benzene rings is 1. The second-order valence-corrected chi connectivity index (χ2v) is 10.3. The highest BCUT2D eigenvalue weighted by Gasteiger charge is 2.29. The van der Waals surface area contributed by atoms with E-state index in [0.29, 0.717) is 5.70 Å². The van der Waals surface area contributed by atoms with E-state index < -0.39 is 0 Å². The van der Waals surface area contributed by atoms with Gasteiger partial charge in [0, 0.05) is 23.5 Å². The van der Waals surface area contributed by atoms with Gasteiger partial charge in [-0.15, -0.1) is 0 Å². The summed E-state index contributed by atoms with van der Waals surface area (Å²) in [5.74, 6) is 0.720. The van der Waals surface area contributed by atoms with Crippen molar-refractivity contribution in [3.63, 3.8) is 0 Å². The lowest BCUT2D eigenvalue weighted by Gasteiger charge is -2.13. The number of aliphatic imine (C=N–C) groups is 1. The van der Waals surface area contributed by atoms with Crippen LogP contribution in [0.3, 0.4) is 0 Å². The van der Waals surface area contributed by atoms with Gasteiger partial charge in [-0.25, -0.2) is 0 Å². The summed E-state index contributed by atoms with van der Waals surface area (Å²) >= 11 is 0. The van der Waals surface area contributed by atoms with Gasteiger partial charge in [0.1, 0.15) is 0 Å². The molecule has 3 N–H and O–H groups in total. The molecule has 0 spiro atoms. The molecular formula is C35H53N3. The van der Waals surface area contributed by atoms with Gasteiger partial charge >= 0.3 is 0 Å². The fourth-order valence-corrected chi connectivity index (χ4v) is 3.32. The van der Waals surface area contributed by atoms with Gasteiger partial charge in [-0.2, -0.15) is 0 Å². The Labute approximate surface area is 234 Å². The fraction of sp³-hybridized carbons (Fsp3) is 0.457. The van der Waals surface area contributed by atoms with Crippen LogP contribution in [0.25, 0.3) is 5.70 Å². The molecule has 208 valence electrons. The molecule has 0 unspecified atom stereocenters. The lowest BCUT2D eigenvalue weighted by Crippen LogP contribution is -2.03. The van der Waals surface area contributed by atoms with E-state index >= 15 is 0 Å². The highest BCUT2D eigenvalue weighted by atomic mass is 15.0. The van der Waals surface area contributed by atoms with E-state index in [4.69, 9.17) is 10.7 Å². The monoisotopic (exact) mass is 515 g/mol. The Kier molecular flexibility index (Phi) is 15.8. The number of allylic oxidation sites excluding steroid dienone is 7. The molecule has 3 heteroatoms. The zero-order valence-electron chi connectivity index (χ0n) is 25.3. The molecule has 0 saturated heterocycles. The van der Waals surface area contributed by atoms with Gasteiger partial charge in [-0.1, -0.05) is 120 Å². The standard InChI is InChI=1S/C18H21N3.C9H12.2C4H10/c1-11-4-5-15(12(2)19)10-18(11)20-13(3)16-8-9-17(21-16)14-6-7-14;1-8-6-4-3-5-7-9(8)2;2*1-3-4-2/h4-5,8,10,14,20H,2-3,6-7,9,19H2,1H3;3-6H,7H2,1-2H3;2*3-4H2,1-2H3. The molecule has 1 aromatic rings. The molecule has 1 aliphatic heterocycles. The molecule has 0 bridgehead atoms. The first-order valence-electron chi connectivity index (χ1n) is 14.5. The molecule has 0 atom stereocenters. The number of anilines is 1. The third kappa shape index (κ3) is 12.4. The molecule has 1 fully saturated rings. The molecule has 3 nitrogen and oxygen atoms in total. The van der Waals surface area contributed by atoms with E-state index in [1.54, 1.807) is 0 Å². The smallest absolute Gasteiger partial charge is 0.0821 e. The number of nitrogens with one attached hydrogen (secondary N) is 1.